The van der Waals surface area contributed by atoms with Crippen molar-refractivity contribution in [3.8, 4) is 11.6 Å². The normalized spacial score (nSPS) is 11.0. The third kappa shape index (κ3) is 5.06. The van der Waals surface area contributed by atoms with E-state index in [-0.39, 0.29) is 23.4 Å². The number of hydrazone groups is 1. The molecule has 1 heterocycles. The zero-order chi connectivity index (χ0) is 19.8. The van der Waals surface area contributed by atoms with Gasteiger partial charge in [-0.2, -0.15) is 5.10 Å². The predicted octanol–water partition coefficient (Wildman–Crippen LogP) is 1.29. The molecule has 0 saturated heterocycles. The molecule has 0 unspecified atom stereocenters. The quantitative estimate of drug-likeness (QED) is 0.313. The van der Waals surface area contributed by atoms with Crippen LogP contribution in [-0.4, -0.2) is 31.9 Å². The highest BCUT2D eigenvalue weighted by molar-refractivity contribution is 5.97. The maximum absolute atomic E-state index is 12.0. The molecule has 1 aromatic carbocycles. The highest BCUT2D eigenvalue weighted by Gasteiger charge is 2.13. The van der Waals surface area contributed by atoms with Crippen LogP contribution in [0.25, 0.3) is 0 Å². The van der Waals surface area contributed by atoms with Crippen molar-refractivity contribution in [3.05, 3.63) is 56.2 Å². The third-order valence-electron chi connectivity index (χ3n) is 3.95. The van der Waals surface area contributed by atoms with E-state index in [1.54, 1.807) is 12.1 Å². The molecule has 0 fully saturated rings. The summed E-state index contributed by atoms with van der Waals surface area (Å²) < 4.78 is 1.06. The molecule has 0 bridgehead atoms. The van der Waals surface area contributed by atoms with Gasteiger partial charge in [0.1, 0.15) is 11.3 Å². The second-order valence-corrected chi connectivity index (χ2v) is 5.93. The largest absolute Gasteiger partial charge is 0.507 e. The lowest BCUT2D eigenvalue weighted by atomic mass is 10.2. The summed E-state index contributed by atoms with van der Waals surface area (Å²) in [6.45, 7) is 2.31. The van der Waals surface area contributed by atoms with Crippen LogP contribution in [0.4, 0.5) is 0 Å². The minimum absolute atomic E-state index is 0.00803. The standard InChI is InChI=1S/C18H22N4O5/c1-2-3-4-7-10-22-17(26)13(15(24)20-18(22)27)11-19-21-16(25)12-8-5-6-9-14(12)23/h5-6,8-9,11,23,26H,2-4,7,10H2,1H3,(H,21,25)(H,20,24,27). The Labute approximate surface area is 155 Å². The van der Waals surface area contributed by atoms with Gasteiger partial charge < -0.3 is 10.2 Å². The van der Waals surface area contributed by atoms with Gasteiger partial charge in [-0.05, 0) is 18.6 Å². The monoisotopic (exact) mass is 374 g/mol. The molecule has 0 spiro atoms. The number of nitrogens with zero attached hydrogens (tertiary/aromatic N) is 2. The van der Waals surface area contributed by atoms with Gasteiger partial charge in [0.2, 0.25) is 5.88 Å². The van der Waals surface area contributed by atoms with Gasteiger partial charge in [0.05, 0.1) is 11.8 Å². The molecule has 0 saturated carbocycles. The van der Waals surface area contributed by atoms with Gasteiger partial charge >= 0.3 is 5.69 Å². The summed E-state index contributed by atoms with van der Waals surface area (Å²) in [4.78, 5) is 37.9. The van der Waals surface area contributed by atoms with E-state index in [0.29, 0.717) is 6.42 Å². The SMILES string of the molecule is CCCCCCn1c(O)c(C=NNC(=O)c2ccccc2O)c(=O)[nH]c1=O. The number of phenols is 1. The summed E-state index contributed by atoms with van der Waals surface area (Å²) in [6, 6.07) is 5.89. The number of amides is 1. The van der Waals surface area contributed by atoms with Crippen molar-refractivity contribution in [3.63, 3.8) is 0 Å². The second-order valence-electron chi connectivity index (χ2n) is 5.93. The van der Waals surface area contributed by atoms with Crippen molar-refractivity contribution in [1.82, 2.24) is 15.0 Å². The van der Waals surface area contributed by atoms with Crippen LogP contribution in [0.15, 0.2) is 39.0 Å². The Bertz CT molecular complexity index is 945. The van der Waals surface area contributed by atoms with Gasteiger partial charge in [-0.3, -0.25) is 19.1 Å². The van der Waals surface area contributed by atoms with Gasteiger partial charge in [0.25, 0.3) is 11.5 Å². The number of phenolic OH excluding ortho intramolecular Hbond substituents is 1. The molecular weight excluding hydrogens is 352 g/mol. The van der Waals surface area contributed by atoms with Crippen LogP contribution < -0.4 is 16.7 Å². The number of carbonyl (C=O) groups excluding carboxylic acids is 1. The fourth-order valence-corrected chi connectivity index (χ4v) is 2.48. The number of nitrogens with one attached hydrogen (secondary N) is 2. The van der Waals surface area contributed by atoms with E-state index in [4.69, 9.17) is 0 Å². The molecule has 0 aliphatic carbocycles. The molecule has 9 nitrogen and oxygen atoms in total. The summed E-state index contributed by atoms with van der Waals surface area (Å²) >= 11 is 0. The molecule has 0 radical (unpaired) electrons. The molecule has 2 rings (SSSR count). The molecule has 9 heteroatoms. The highest BCUT2D eigenvalue weighted by Crippen LogP contribution is 2.15. The lowest BCUT2D eigenvalue weighted by Crippen LogP contribution is -2.32. The van der Waals surface area contributed by atoms with E-state index in [1.165, 1.54) is 12.1 Å². The molecule has 1 amide bonds. The van der Waals surface area contributed by atoms with Gasteiger partial charge in [-0.1, -0.05) is 38.3 Å². The van der Waals surface area contributed by atoms with Crippen LogP contribution in [-0.2, 0) is 6.54 Å². The van der Waals surface area contributed by atoms with E-state index in [9.17, 15) is 24.6 Å². The fourth-order valence-electron chi connectivity index (χ4n) is 2.48. The molecule has 0 aliphatic rings. The Morgan fingerprint density at radius 3 is 2.67 bits per heavy atom. The van der Waals surface area contributed by atoms with Crippen LogP contribution in [0.1, 0.15) is 48.5 Å². The second kappa shape index (κ2) is 9.37. The molecule has 1 aromatic heterocycles. The minimum Gasteiger partial charge on any atom is -0.507 e. The molecule has 27 heavy (non-hydrogen) atoms. The lowest BCUT2D eigenvalue weighted by molar-refractivity contribution is 0.0952. The van der Waals surface area contributed by atoms with Crippen LogP contribution in [0.5, 0.6) is 11.6 Å². The van der Waals surface area contributed by atoms with E-state index in [0.717, 1.165) is 30.0 Å². The van der Waals surface area contributed by atoms with Crippen LogP contribution in [0.2, 0.25) is 0 Å². The number of hydrogen-bond acceptors (Lipinski definition) is 6. The number of benzene rings is 1. The third-order valence-corrected chi connectivity index (χ3v) is 3.95. The number of carbonyl (C=O) groups is 1. The summed E-state index contributed by atoms with van der Waals surface area (Å²) in [7, 11) is 0. The lowest BCUT2D eigenvalue weighted by Gasteiger charge is -2.09. The number of aromatic amines is 1. The van der Waals surface area contributed by atoms with Crippen LogP contribution >= 0.6 is 0 Å². The van der Waals surface area contributed by atoms with E-state index >= 15 is 0 Å². The molecule has 0 atom stereocenters. The average Bonchev–Trinajstić information content (AvgIpc) is 2.63. The van der Waals surface area contributed by atoms with Crippen LogP contribution in [0.3, 0.4) is 0 Å². The zero-order valence-electron chi connectivity index (χ0n) is 14.9. The molecular formula is C18H22N4O5. The Morgan fingerprint density at radius 1 is 1.22 bits per heavy atom. The van der Waals surface area contributed by atoms with Gasteiger partial charge in [-0.25, -0.2) is 10.2 Å². The number of rotatable bonds is 8. The number of para-hydroxylation sites is 1. The van der Waals surface area contributed by atoms with Crippen molar-refractivity contribution < 1.29 is 15.0 Å². The summed E-state index contributed by atoms with van der Waals surface area (Å²) in [5.74, 6) is -1.42. The highest BCUT2D eigenvalue weighted by atomic mass is 16.3. The number of H-pyrrole nitrogens is 1. The number of hydrogen-bond donors (Lipinski definition) is 4. The molecule has 2 aromatic rings. The Morgan fingerprint density at radius 2 is 1.96 bits per heavy atom. The minimum atomic E-state index is -0.817. The van der Waals surface area contributed by atoms with Gasteiger partial charge in [-0.15, -0.1) is 0 Å². The summed E-state index contributed by atoms with van der Waals surface area (Å²) in [5.41, 5.74) is 0.395. The molecule has 144 valence electrons. The van der Waals surface area contributed by atoms with E-state index in [2.05, 4.69) is 22.4 Å². The van der Waals surface area contributed by atoms with Crippen LogP contribution in [0, 0.1) is 0 Å². The first-order valence-corrected chi connectivity index (χ1v) is 8.63. The van der Waals surface area contributed by atoms with Crippen molar-refractivity contribution in [1.29, 1.82) is 0 Å². The predicted molar refractivity (Wildman–Crippen MR) is 100 cm³/mol. The van der Waals surface area contributed by atoms with E-state index in [1.807, 2.05) is 0 Å². The number of aromatic nitrogens is 2. The first kappa shape index (κ1) is 20.0. The first-order valence-electron chi connectivity index (χ1n) is 8.63. The first-order chi connectivity index (χ1) is 13.0. The Hall–Kier alpha value is -3.36. The van der Waals surface area contributed by atoms with E-state index < -0.39 is 23.0 Å². The van der Waals surface area contributed by atoms with Crippen molar-refractivity contribution in [2.75, 3.05) is 0 Å². The van der Waals surface area contributed by atoms with Gasteiger partial charge in [0, 0.05) is 6.54 Å². The number of aromatic hydroxyl groups is 2. The fraction of sp³-hybridized carbons (Fsp3) is 0.333. The van der Waals surface area contributed by atoms with Crippen molar-refractivity contribution in [2.45, 2.75) is 39.2 Å². The number of unbranched alkanes of at least 4 members (excludes halogenated alkanes) is 3. The zero-order valence-corrected chi connectivity index (χ0v) is 14.9. The maximum atomic E-state index is 12.0. The Kier molecular flexibility index (Phi) is 6.93. The summed E-state index contributed by atoms with van der Waals surface area (Å²) in [6.07, 6.45) is 4.55. The topological polar surface area (TPSA) is 137 Å². The Balaban J connectivity index is 2.16. The smallest absolute Gasteiger partial charge is 0.331 e. The average molecular weight is 374 g/mol. The molecule has 4 N–H and O–H groups in total. The molecule has 0 aliphatic heterocycles. The summed E-state index contributed by atoms with van der Waals surface area (Å²) in [5, 5.41) is 23.5. The van der Waals surface area contributed by atoms with Crippen molar-refractivity contribution in [2.24, 2.45) is 5.10 Å². The maximum Gasteiger partial charge on any atom is 0.331 e. The van der Waals surface area contributed by atoms with Gasteiger partial charge in [0.15, 0.2) is 0 Å². The van der Waals surface area contributed by atoms with Crippen molar-refractivity contribution >= 4 is 12.1 Å².